The fourth-order valence-electron chi connectivity index (χ4n) is 3.25. The van der Waals surface area contributed by atoms with Crippen molar-refractivity contribution in [2.75, 3.05) is 20.8 Å². The van der Waals surface area contributed by atoms with Gasteiger partial charge in [-0.15, -0.1) is 0 Å². The van der Waals surface area contributed by atoms with Gasteiger partial charge >= 0.3 is 0 Å². The van der Waals surface area contributed by atoms with Crippen molar-refractivity contribution < 1.29 is 19.0 Å². The zero-order valence-corrected chi connectivity index (χ0v) is 14.4. The van der Waals surface area contributed by atoms with Crippen LogP contribution in [0.25, 0.3) is 11.1 Å². The Morgan fingerprint density at radius 2 is 1.80 bits per heavy atom. The van der Waals surface area contributed by atoms with Crippen molar-refractivity contribution in [2.45, 2.75) is 19.4 Å². The molecule has 0 saturated heterocycles. The number of fused-ring (bicyclic) bond motifs is 1. The van der Waals surface area contributed by atoms with Gasteiger partial charge in [0.05, 0.1) is 20.8 Å². The molecule has 1 fully saturated rings. The van der Waals surface area contributed by atoms with E-state index in [0.29, 0.717) is 36.3 Å². The molecule has 1 heterocycles. The lowest BCUT2D eigenvalue weighted by molar-refractivity contribution is 0.0966. The third kappa shape index (κ3) is 2.80. The molecule has 4 rings (SSSR count). The third-order valence-corrected chi connectivity index (χ3v) is 4.80. The second kappa shape index (κ2) is 6.31. The fourth-order valence-corrected chi connectivity index (χ4v) is 3.25. The third-order valence-electron chi connectivity index (χ3n) is 4.80. The van der Waals surface area contributed by atoms with Gasteiger partial charge in [-0.1, -0.05) is 12.1 Å². The topological polar surface area (TPSA) is 56.8 Å². The molecule has 0 spiro atoms. The first-order chi connectivity index (χ1) is 12.2. The highest BCUT2D eigenvalue weighted by atomic mass is 16.5. The summed E-state index contributed by atoms with van der Waals surface area (Å²) in [7, 11) is 3.23. The summed E-state index contributed by atoms with van der Waals surface area (Å²) < 4.78 is 17.2. The van der Waals surface area contributed by atoms with E-state index in [1.807, 2.05) is 30.3 Å². The van der Waals surface area contributed by atoms with Gasteiger partial charge in [0, 0.05) is 17.7 Å². The van der Waals surface area contributed by atoms with Gasteiger partial charge in [0.25, 0.3) is 5.91 Å². The monoisotopic (exact) mass is 339 g/mol. The number of carbonyl (C=O) groups is 1. The Balaban J connectivity index is 1.85. The largest absolute Gasteiger partial charge is 0.493 e. The normalized spacial score (nSPS) is 15.5. The van der Waals surface area contributed by atoms with Crippen LogP contribution < -0.4 is 19.5 Å². The van der Waals surface area contributed by atoms with Crippen LogP contribution in [0.1, 0.15) is 28.8 Å². The number of ether oxygens (including phenoxy) is 3. The average Bonchev–Trinajstić information content (AvgIpc) is 3.40. The number of amides is 1. The van der Waals surface area contributed by atoms with Gasteiger partial charge in [-0.2, -0.15) is 0 Å². The SMILES string of the molecule is COc1ccc(-c2cccc3c2CNC3=O)c(OCC2CC2)c1OC. The molecule has 2 aromatic carbocycles. The van der Waals surface area contributed by atoms with Crippen LogP contribution in [0, 0.1) is 5.92 Å². The summed E-state index contributed by atoms with van der Waals surface area (Å²) in [5.74, 6) is 2.50. The highest BCUT2D eigenvalue weighted by Crippen LogP contribution is 2.46. The Morgan fingerprint density at radius 3 is 2.52 bits per heavy atom. The minimum atomic E-state index is -0.0298. The summed E-state index contributed by atoms with van der Waals surface area (Å²) in [6.45, 7) is 1.20. The molecular weight excluding hydrogens is 318 g/mol. The molecule has 1 aliphatic carbocycles. The van der Waals surface area contributed by atoms with E-state index < -0.39 is 0 Å². The zero-order valence-electron chi connectivity index (χ0n) is 14.4. The van der Waals surface area contributed by atoms with E-state index in [9.17, 15) is 4.79 Å². The highest BCUT2D eigenvalue weighted by Gasteiger charge is 2.27. The van der Waals surface area contributed by atoms with Crippen molar-refractivity contribution in [1.29, 1.82) is 0 Å². The molecular formula is C20H21NO4. The predicted molar refractivity (Wildman–Crippen MR) is 94.4 cm³/mol. The van der Waals surface area contributed by atoms with Crippen LogP contribution in [0.2, 0.25) is 0 Å². The fraction of sp³-hybridized carbons (Fsp3) is 0.350. The van der Waals surface area contributed by atoms with Gasteiger partial charge in [-0.25, -0.2) is 0 Å². The molecule has 5 heteroatoms. The summed E-state index contributed by atoms with van der Waals surface area (Å²) in [6, 6.07) is 9.63. The molecule has 2 aliphatic rings. The summed E-state index contributed by atoms with van der Waals surface area (Å²) in [5, 5.41) is 2.89. The number of rotatable bonds is 6. The molecule has 1 N–H and O–H groups in total. The van der Waals surface area contributed by atoms with E-state index in [-0.39, 0.29) is 5.91 Å². The van der Waals surface area contributed by atoms with Crippen LogP contribution in [-0.4, -0.2) is 26.7 Å². The number of methoxy groups -OCH3 is 2. The van der Waals surface area contributed by atoms with Gasteiger partial charge in [0.1, 0.15) is 0 Å². The van der Waals surface area contributed by atoms with Crippen molar-refractivity contribution in [1.82, 2.24) is 5.32 Å². The minimum Gasteiger partial charge on any atom is -0.493 e. The lowest BCUT2D eigenvalue weighted by Crippen LogP contribution is -2.12. The maximum Gasteiger partial charge on any atom is 0.251 e. The van der Waals surface area contributed by atoms with Gasteiger partial charge in [0.2, 0.25) is 5.75 Å². The minimum absolute atomic E-state index is 0.0298. The molecule has 2 aromatic rings. The molecule has 5 nitrogen and oxygen atoms in total. The van der Waals surface area contributed by atoms with Gasteiger partial charge in [-0.3, -0.25) is 4.79 Å². The number of nitrogens with one attached hydrogen (secondary N) is 1. The van der Waals surface area contributed by atoms with E-state index in [1.54, 1.807) is 14.2 Å². The number of carbonyl (C=O) groups excluding carboxylic acids is 1. The molecule has 0 unspecified atom stereocenters. The first kappa shape index (κ1) is 15.8. The molecule has 130 valence electrons. The second-order valence-electron chi connectivity index (χ2n) is 6.45. The first-order valence-corrected chi connectivity index (χ1v) is 8.51. The lowest BCUT2D eigenvalue weighted by Gasteiger charge is -2.19. The van der Waals surface area contributed by atoms with E-state index in [1.165, 1.54) is 12.8 Å². The maximum atomic E-state index is 12.0. The Morgan fingerprint density at radius 1 is 1.00 bits per heavy atom. The lowest BCUT2D eigenvalue weighted by atomic mass is 9.95. The van der Waals surface area contributed by atoms with Crippen LogP contribution >= 0.6 is 0 Å². The predicted octanol–water partition coefficient (Wildman–Crippen LogP) is 3.40. The van der Waals surface area contributed by atoms with E-state index in [0.717, 1.165) is 22.3 Å². The second-order valence-corrected chi connectivity index (χ2v) is 6.45. The molecule has 25 heavy (non-hydrogen) atoms. The Kier molecular flexibility index (Phi) is 3.99. The van der Waals surface area contributed by atoms with Crippen LogP contribution in [0.4, 0.5) is 0 Å². The van der Waals surface area contributed by atoms with Crippen LogP contribution in [0.15, 0.2) is 30.3 Å². The van der Waals surface area contributed by atoms with Crippen molar-refractivity contribution in [3.05, 3.63) is 41.5 Å². The zero-order chi connectivity index (χ0) is 17.4. The van der Waals surface area contributed by atoms with Crippen molar-refractivity contribution in [2.24, 2.45) is 5.92 Å². The Bertz CT molecular complexity index is 827. The van der Waals surface area contributed by atoms with E-state index >= 15 is 0 Å². The smallest absolute Gasteiger partial charge is 0.251 e. The van der Waals surface area contributed by atoms with Crippen molar-refractivity contribution in [3.8, 4) is 28.4 Å². The molecule has 1 aliphatic heterocycles. The van der Waals surface area contributed by atoms with Crippen LogP contribution in [0.3, 0.4) is 0 Å². The van der Waals surface area contributed by atoms with Gasteiger partial charge in [0.15, 0.2) is 11.5 Å². The number of hydrogen-bond donors (Lipinski definition) is 1. The van der Waals surface area contributed by atoms with E-state index in [4.69, 9.17) is 14.2 Å². The molecule has 0 bridgehead atoms. The summed E-state index contributed by atoms with van der Waals surface area (Å²) >= 11 is 0. The van der Waals surface area contributed by atoms with Crippen LogP contribution in [0.5, 0.6) is 17.2 Å². The number of hydrogen-bond acceptors (Lipinski definition) is 4. The first-order valence-electron chi connectivity index (χ1n) is 8.51. The quantitative estimate of drug-likeness (QED) is 0.876. The van der Waals surface area contributed by atoms with E-state index in [2.05, 4.69) is 5.32 Å². The van der Waals surface area contributed by atoms with Crippen molar-refractivity contribution >= 4 is 5.91 Å². The Labute approximate surface area is 146 Å². The molecule has 0 aromatic heterocycles. The molecule has 0 atom stereocenters. The molecule has 0 radical (unpaired) electrons. The van der Waals surface area contributed by atoms with Gasteiger partial charge in [-0.05, 0) is 48.1 Å². The highest BCUT2D eigenvalue weighted by molar-refractivity contribution is 6.01. The molecule has 1 saturated carbocycles. The van der Waals surface area contributed by atoms with Crippen molar-refractivity contribution in [3.63, 3.8) is 0 Å². The summed E-state index contributed by atoms with van der Waals surface area (Å²) in [6.07, 6.45) is 2.42. The standard InChI is InChI=1S/C20H21NO4/c1-23-17-9-8-14(18(19(17)24-2)25-11-12-6-7-12)13-4-3-5-15-16(13)10-21-20(15)22/h3-5,8-9,12H,6-7,10-11H2,1-2H3,(H,21,22). The average molecular weight is 339 g/mol. The van der Waals surface area contributed by atoms with Gasteiger partial charge < -0.3 is 19.5 Å². The van der Waals surface area contributed by atoms with Crippen LogP contribution in [-0.2, 0) is 6.54 Å². The Hall–Kier alpha value is -2.69. The number of benzene rings is 2. The summed E-state index contributed by atoms with van der Waals surface area (Å²) in [5.41, 5.74) is 3.63. The molecule has 1 amide bonds. The summed E-state index contributed by atoms with van der Waals surface area (Å²) in [4.78, 5) is 12.0. The maximum absolute atomic E-state index is 12.0.